The first-order chi connectivity index (χ1) is 7.66. The molecule has 0 radical (unpaired) electrons. The highest BCUT2D eigenvalue weighted by molar-refractivity contribution is 6.04. The fraction of sp³-hybridized carbons (Fsp3) is 0.167. The lowest BCUT2D eigenvalue weighted by Gasteiger charge is -2.07. The number of aryl methyl sites for hydroxylation is 2. The molecule has 0 saturated heterocycles. The van der Waals surface area contributed by atoms with Crippen molar-refractivity contribution in [2.45, 2.75) is 13.8 Å². The van der Waals surface area contributed by atoms with Gasteiger partial charge in [0.2, 0.25) is 0 Å². The minimum absolute atomic E-state index is 0.152. The van der Waals surface area contributed by atoms with Crippen molar-refractivity contribution in [3.05, 3.63) is 47.3 Å². The number of rotatable bonds is 2. The Labute approximate surface area is 93.7 Å². The van der Waals surface area contributed by atoms with Gasteiger partial charge in [0, 0.05) is 11.9 Å². The smallest absolute Gasteiger partial charge is 0.258 e. The molecule has 16 heavy (non-hydrogen) atoms. The average Bonchev–Trinajstić information content (AvgIpc) is 2.75. The summed E-state index contributed by atoms with van der Waals surface area (Å²) in [6.45, 7) is 3.99. The molecule has 0 saturated carbocycles. The molecular weight excluding hydrogens is 202 g/mol. The molecule has 0 aliphatic carbocycles. The van der Waals surface area contributed by atoms with Gasteiger partial charge in [0.1, 0.15) is 0 Å². The number of nitrogens with zero attached hydrogens (tertiary/aromatic N) is 1. The van der Waals surface area contributed by atoms with Crippen molar-refractivity contribution in [1.82, 2.24) is 10.2 Å². The molecule has 0 bridgehead atoms. The number of benzene rings is 1. The summed E-state index contributed by atoms with van der Waals surface area (Å²) < 4.78 is 0. The van der Waals surface area contributed by atoms with E-state index in [1.807, 2.05) is 32.0 Å². The molecular formula is C12H13N3O. The molecule has 1 aromatic heterocycles. The van der Waals surface area contributed by atoms with Gasteiger partial charge >= 0.3 is 0 Å². The van der Waals surface area contributed by atoms with Gasteiger partial charge in [-0.2, -0.15) is 5.10 Å². The van der Waals surface area contributed by atoms with Gasteiger partial charge in [0.15, 0.2) is 0 Å². The first kappa shape index (κ1) is 10.4. The molecule has 0 fully saturated rings. The Balaban J connectivity index is 2.18. The molecule has 0 atom stereocenters. The fourth-order valence-electron chi connectivity index (χ4n) is 1.52. The molecule has 0 aliphatic rings. The lowest BCUT2D eigenvalue weighted by molar-refractivity contribution is 0.102. The zero-order chi connectivity index (χ0) is 11.5. The van der Waals surface area contributed by atoms with Gasteiger partial charge in [-0.15, -0.1) is 0 Å². The van der Waals surface area contributed by atoms with Gasteiger partial charge in [-0.25, -0.2) is 0 Å². The maximum atomic E-state index is 11.7. The summed E-state index contributed by atoms with van der Waals surface area (Å²) in [4.78, 5) is 11.7. The fourth-order valence-corrected chi connectivity index (χ4v) is 1.52. The Hall–Kier alpha value is -2.10. The maximum Gasteiger partial charge on any atom is 0.258 e. The number of hydrogen-bond donors (Lipinski definition) is 2. The van der Waals surface area contributed by atoms with Gasteiger partial charge in [0.05, 0.1) is 11.8 Å². The number of H-pyrrole nitrogens is 1. The highest BCUT2D eigenvalue weighted by atomic mass is 16.1. The molecule has 4 heteroatoms. The van der Waals surface area contributed by atoms with Crippen LogP contribution in [0, 0.1) is 13.8 Å². The minimum atomic E-state index is -0.152. The Morgan fingerprint density at radius 2 is 2.19 bits per heavy atom. The molecule has 1 aromatic carbocycles. The van der Waals surface area contributed by atoms with Crippen LogP contribution in [0.15, 0.2) is 30.6 Å². The Morgan fingerprint density at radius 3 is 2.81 bits per heavy atom. The number of hydrogen-bond acceptors (Lipinski definition) is 2. The lowest BCUT2D eigenvalue weighted by Crippen LogP contribution is -2.11. The van der Waals surface area contributed by atoms with E-state index in [0.29, 0.717) is 5.56 Å². The topological polar surface area (TPSA) is 57.8 Å². The van der Waals surface area contributed by atoms with Crippen LogP contribution < -0.4 is 5.32 Å². The summed E-state index contributed by atoms with van der Waals surface area (Å²) in [5, 5.41) is 9.19. The molecule has 2 rings (SSSR count). The summed E-state index contributed by atoms with van der Waals surface area (Å²) >= 11 is 0. The molecule has 1 heterocycles. The zero-order valence-electron chi connectivity index (χ0n) is 9.24. The van der Waals surface area contributed by atoms with E-state index in [1.165, 1.54) is 11.8 Å². The number of anilines is 1. The normalized spacial score (nSPS) is 10.1. The van der Waals surface area contributed by atoms with E-state index in [1.54, 1.807) is 6.20 Å². The van der Waals surface area contributed by atoms with Crippen LogP contribution >= 0.6 is 0 Å². The Bertz CT molecular complexity index is 503. The van der Waals surface area contributed by atoms with Crippen LogP contribution in [-0.4, -0.2) is 16.1 Å². The average molecular weight is 215 g/mol. The highest BCUT2D eigenvalue weighted by Crippen LogP contribution is 2.16. The molecule has 82 valence electrons. The number of nitrogens with one attached hydrogen (secondary N) is 2. The largest absolute Gasteiger partial charge is 0.322 e. The number of amides is 1. The third kappa shape index (κ3) is 2.11. The number of aromatic amines is 1. The second-order valence-electron chi connectivity index (χ2n) is 3.76. The van der Waals surface area contributed by atoms with Gasteiger partial charge in [0.25, 0.3) is 5.91 Å². The van der Waals surface area contributed by atoms with Crippen LogP contribution in [0.4, 0.5) is 5.69 Å². The van der Waals surface area contributed by atoms with Crippen molar-refractivity contribution in [3.63, 3.8) is 0 Å². The van der Waals surface area contributed by atoms with Crippen LogP contribution in [0.1, 0.15) is 21.5 Å². The van der Waals surface area contributed by atoms with E-state index in [2.05, 4.69) is 15.5 Å². The van der Waals surface area contributed by atoms with E-state index in [-0.39, 0.29) is 5.91 Å². The number of aromatic nitrogens is 2. The van der Waals surface area contributed by atoms with E-state index in [9.17, 15) is 4.79 Å². The monoisotopic (exact) mass is 215 g/mol. The molecule has 2 aromatic rings. The summed E-state index contributed by atoms with van der Waals surface area (Å²) in [6.07, 6.45) is 3.07. The van der Waals surface area contributed by atoms with E-state index >= 15 is 0 Å². The van der Waals surface area contributed by atoms with Crippen molar-refractivity contribution in [3.8, 4) is 0 Å². The second-order valence-corrected chi connectivity index (χ2v) is 3.76. The number of carbonyl (C=O) groups is 1. The van der Waals surface area contributed by atoms with E-state index < -0.39 is 0 Å². The Kier molecular flexibility index (Phi) is 2.72. The molecule has 4 nitrogen and oxygen atoms in total. The maximum absolute atomic E-state index is 11.7. The van der Waals surface area contributed by atoms with Crippen molar-refractivity contribution in [1.29, 1.82) is 0 Å². The first-order valence-electron chi connectivity index (χ1n) is 5.04. The van der Waals surface area contributed by atoms with Crippen LogP contribution in [0.2, 0.25) is 0 Å². The van der Waals surface area contributed by atoms with Crippen LogP contribution in [0.25, 0.3) is 0 Å². The summed E-state index contributed by atoms with van der Waals surface area (Å²) in [5.41, 5.74) is 3.59. The quantitative estimate of drug-likeness (QED) is 0.807. The third-order valence-electron chi connectivity index (χ3n) is 2.39. The summed E-state index contributed by atoms with van der Waals surface area (Å²) in [7, 11) is 0. The van der Waals surface area contributed by atoms with Gasteiger partial charge in [-0.3, -0.25) is 9.89 Å². The Morgan fingerprint density at radius 1 is 1.38 bits per heavy atom. The summed E-state index contributed by atoms with van der Waals surface area (Å²) in [6, 6.07) is 5.91. The summed E-state index contributed by atoms with van der Waals surface area (Å²) in [5.74, 6) is -0.152. The van der Waals surface area contributed by atoms with Gasteiger partial charge < -0.3 is 5.32 Å². The van der Waals surface area contributed by atoms with Crippen LogP contribution in [0.5, 0.6) is 0 Å². The van der Waals surface area contributed by atoms with Crippen LogP contribution in [-0.2, 0) is 0 Å². The SMILES string of the molecule is Cc1ccc(NC(=O)c2cn[nH]c2)c(C)c1. The van der Waals surface area contributed by atoms with Crippen molar-refractivity contribution < 1.29 is 4.79 Å². The third-order valence-corrected chi connectivity index (χ3v) is 2.39. The van der Waals surface area contributed by atoms with Crippen molar-refractivity contribution >= 4 is 11.6 Å². The molecule has 2 N–H and O–H groups in total. The molecule has 0 unspecified atom stereocenters. The highest BCUT2D eigenvalue weighted by Gasteiger charge is 2.08. The number of carbonyl (C=O) groups excluding carboxylic acids is 1. The minimum Gasteiger partial charge on any atom is -0.322 e. The van der Waals surface area contributed by atoms with Crippen LogP contribution in [0.3, 0.4) is 0 Å². The molecule has 1 amide bonds. The van der Waals surface area contributed by atoms with E-state index in [4.69, 9.17) is 0 Å². The van der Waals surface area contributed by atoms with Crippen molar-refractivity contribution in [2.24, 2.45) is 0 Å². The zero-order valence-corrected chi connectivity index (χ0v) is 9.24. The van der Waals surface area contributed by atoms with E-state index in [0.717, 1.165) is 11.3 Å². The molecule has 0 aliphatic heterocycles. The predicted molar refractivity (Wildman–Crippen MR) is 62.5 cm³/mol. The lowest BCUT2D eigenvalue weighted by atomic mass is 10.1. The predicted octanol–water partition coefficient (Wildman–Crippen LogP) is 2.28. The molecule has 0 spiro atoms. The second kappa shape index (κ2) is 4.18. The standard InChI is InChI=1S/C12H13N3O/c1-8-3-4-11(9(2)5-8)15-12(16)10-6-13-14-7-10/h3-7H,1-2H3,(H,13,14)(H,15,16). The first-order valence-corrected chi connectivity index (χ1v) is 5.04. The van der Waals surface area contributed by atoms with Gasteiger partial charge in [-0.1, -0.05) is 17.7 Å². The van der Waals surface area contributed by atoms with Gasteiger partial charge in [-0.05, 0) is 25.5 Å². The van der Waals surface area contributed by atoms with Crippen molar-refractivity contribution in [2.75, 3.05) is 5.32 Å².